The number of carboxylic acids is 1. The highest BCUT2D eigenvalue weighted by Gasteiger charge is 2.37. The van der Waals surface area contributed by atoms with Gasteiger partial charge in [0.25, 0.3) is 0 Å². The number of carbonyl (C=O) groups is 2. The molecule has 0 saturated carbocycles. The minimum Gasteiger partial charge on any atom is -0.481 e. The lowest BCUT2D eigenvalue weighted by atomic mass is 9.79. The van der Waals surface area contributed by atoms with E-state index in [1.165, 1.54) is 5.56 Å². The van der Waals surface area contributed by atoms with Crippen LogP contribution in [0.2, 0.25) is 0 Å². The first kappa shape index (κ1) is 17.2. The normalized spacial score (nSPS) is 11.2. The van der Waals surface area contributed by atoms with Gasteiger partial charge in [0.15, 0.2) is 0 Å². The molecule has 4 nitrogen and oxygen atoms in total. The van der Waals surface area contributed by atoms with Gasteiger partial charge in [-0.3, -0.25) is 9.59 Å². The van der Waals surface area contributed by atoms with Crippen molar-refractivity contribution in [3.05, 3.63) is 35.9 Å². The fourth-order valence-corrected chi connectivity index (χ4v) is 2.37. The molecule has 116 valence electrons. The topological polar surface area (TPSA) is 57.6 Å². The van der Waals surface area contributed by atoms with E-state index in [0.29, 0.717) is 19.4 Å². The summed E-state index contributed by atoms with van der Waals surface area (Å²) in [4.78, 5) is 25.3. The van der Waals surface area contributed by atoms with Crippen LogP contribution in [0.25, 0.3) is 0 Å². The van der Waals surface area contributed by atoms with Gasteiger partial charge in [-0.15, -0.1) is 0 Å². The van der Waals surface area contributed by atoms with Crippen LogP contribution in [-0.2, 0) is 16.0 Å². The Morgan fingerprint density at radius 3 is 2.19 bits per heavy atom. The average molecular weight is 291 g/mol. The van der Waals surface area contributed by atoms with E-state index in [4.69, 9.17) is 0 Å². The molecule has 1 amide bonds. The van der Waals surface area contributed by atoms with Crippen molar-refractivity contribution >= 4 is 11.9 Å². The number of rotatable bonds is 8. The number of amides is 1. The third-order valence-electron chi connectivity index (χ3n) is 4.30. The molecular weight excluding hydrogens is 266 g/mol. The second-order valence-electron chi connectivity index (χ2n) is 5.52. The molecular formula is C17H25NO3. The third kappa shape index (κ3) is 4.59. The van der Waals surface area contributed by atoms with Gasteiger partial charge in [-0.2, -0.15) is 0 Å². The number of likely N-dealkylation sites (N-methyl/N-ethyl adjacent to an activating group) is 1. The van der Waals surface area contributed by atoms with E-state index < -0.39 is 11.4 Å². The first-order valence-corrected chi connectivity index (χ1v) is 7.46. The highest BCUT2D eigenvalue weighted by atomic mass is 16.4. The summed E-state index contributed by atoms with van der Waals surface area (Å²) in [5, 5.41) is 9.39. The van der Waals surface area contributed by atoms with Gasteiger partial charge in [-0.1, -0.05) is 44.2 Å². The third-order valence-corrected chi connectivity index (χ3v) is 4.30. The molecule has 0 aliphatic rings. The monoisotopic (exact) mass is 291 g/mol. The molecule has 0 spiro atoms. The molecule has 1 aromatic carbocycles. The van der Waals surface area contributed by atoms with Crippen molar-refractivity contribution in [2.24, 2.45) is 5.41 Å². The number of aliphatic carboxylic acids is 1. The smallest absolute Gasteiger partial charge is 0.310 e. The lowest BCUT2D eigenvalue weighted by Gasteiger charge is -2.28. The maximum Gasteiger partial charge on any atom is 0.310 e. The van der Waals surface area contributed by atoms with E-state index in [9.17, 15) is 14.7 Å². The van der Waals surface area contributed by atoms with Crippen LogP contribution in [0, 0.1) is 5.41 Å². The van der Waals surface area contributed by atoms with Crippen LogP contribution in [0.15, 0.2) is 30.3 Å². The quantitative estimate of drug-likeness (QED) is 0.801. The Morgan fingerprint density at radius 2 is 1.71 bits per heavy atom. The van der Waals surface area contributed by atoms with Gasteiger partial charge in [0.05, 0.1) is 5.41 Å². The van der Waals surface area contributed by atoms with Crippen molar-refractivity contribution in [2.75, 3.05) is 13.6 Å². The van der Waals surface area contributed by atoms with E-state index in [1.54, 1.807) is 11.9 Å². The zero-order valence-corrected chi connectivity index (χ0v) is 13.1. The van der Waals surface area contributed by atoms with Gasteiger partial charge < -0.3 is 10.0 Å². The number of nitrogens with zero attached hydrogens (tertiary/aromatic N) is 1. The molecule has 0 heterocycles. The Morgan fingerprint density at radius 1 is 1.14 bits per heavy atom. The van der Waals surface area contributed by atoms with Crippen molar-refractivity contribution < 1.29 is 14.7 Å². The van der Waals surface area contributed by atoms with Crippen LogP contribution in [0.1, 0.15) is 38.7 Å². The molecule has 1 rings (SSSR count). The predicted molar refractivity (Wildman–Crippen MR) is 83.1 cm³/mol. The Kier molecular flexibility index (Phi) is 6.40. The molecule has 0 saturated heterocycles. The van der Waals surface area contributed by atoms with E-state index in [0.717, 1.165) is 6.42 Å². The Hall–Kier alpha value is -1.84. The minimum atomic E-state index is -0.932. The molecule has 0 aliphatic carbocycles. The fourth-order valence-electron chi connectivity index (χ4n) is 2.37. The van der Waals surface area contributed by atoms with E-state index in [-0.39, 0.29) is 12.3 Å². The largest absolute Gasteiger partial charge is 0.481 e. The molecule has 0 fully saturated rings. The molecule has 21 heavy (non-hydrogen) atoms. The first-order valence-electron chi connectivity index (χ1n) is 7.46. The summed E-state index contributed by atoms with van der Waals surface area (Å²) < 4.78 is 0. The van der Waals surface area contributed by atoms with Crippen LogP contribution < -0.4 is 0 Å². The number of hydrogen-bond donors (Lipinski definition) is 1. The first-order chi connectivity index (χ1) is 9.95. The zero-order valence-electron chi connectivity index (χ0n) is 13.1. The molecule has 1 aromatic rings. The van der Waals surface area contributed by atoms with Gasteiger partial charge in [0.2, 0.25) is 5.91 Å². The fraction of sp³-hybridized carbons (Fsp3) is 0.529. The second-order valence-corrected chi connectivity index (χ2v) is 5.52. The summed E-state index contributed by atoms with van der Waals surface area (Å²) >= 11 is 0. The summed E-state index contributed by atoms with van der Waals surface area (Å²) in [6.07, 6.45) is 1.79. The second kappa shape index (κ2) is 7.81. The molecule has 0 aliphatic heterocycles. The van der Waals surface area contributed by atoms with Gasteiger partial charge >= 0.3 is 5.97 Å². The standard InChI is InChI=1S/C17H25NO3/c1-4-17(5-2,16(20)21)13-15(19)18(3)12-11-14-9-7-6-8-10-14/h6-10H,4-5,11-13H2,1-3H3,(H,20,21). The highest BCUT2D eigenvalue weighted by Crippen LogP contribution is 2.31. The Labute approximate surface area is 126 Å². The number of carboxylic acid groups (broad SMARTS) is 1. The minimum absolute atomic E-state index is 0.0701. The van der Waals surface area contributed by atoms with Crippen molar-refractivity contribution in [3.63, 3.8) is 0 Å². The molecule has 0 unspecified atom stereocenters. The number of benzene rings is 1. The SMILES string of the molecule is CCC(CC)(CC(=O)N(C)CCc1ccccc1)C(=O)O. The molecule has 0 bridgehead atoms. The van der Waals surface area contributed by atoms with Crippen molar-refractivity contribution in [2.45, 2.75) is 39.5 Å². The zero-order chi connectivity index (χ0) is 15.9. The Balaban J connectivity index is 2.59. The van der Waals surface area contributed by atoms with Gasteiger partial charge in [-0.05, 0) is 24.8 Å². The highest BCUT2D eigenvalue weighted by molar-refractivity contribution is 5.84. The van der Waals surface area contributed by atoms with Gasteiger partial charge in [0.1, 0.15) is 0 Å². The van der Waals surface area contributed by atoms with E-state index in [2.05, 4.69) is 0 Å². The summed E-state index contributed by atoms with van der Waals surface area (Å²) in [6, 6.07) is 9.96. The van der Waals surface area contributed by atoms with Crippen LogP contribution >= 0.6 is 0 Å². The molecule has 0 atom stereocenters. The van der Waals surface area contributed by atoms with Crippen molar-refractivity contribution in [1.82, 2.24) is 4.90 Å². The molecule has 4 heteroatoms. The van der Waals surface area contributed by atoms with Crippen LogP contribution in [0.3, 0.4) is 0 Å². The summed E-state index contributed by atoms with van der Waals surface area (Å²) in [5.74, 6) is -0.977. The lowest BCUT2D eigenvalue weighted by Crippen LogP contribution is -2.38. The number of hydrogen-bond acceptors (Lipinski definition) is 2. The van der Waals surface area contributed by atoms with Crippen molar-refractivity contribution in [3.8, 4) is 0 Å². The predicted octanol–water partition coefficient (Wildman–Crippen LogP) is 2.97. The molecule has 0 aromatic heterocycles. The average Bonchev–Trinajstić information content (AvgIpc) is 2.50. The van der Waals surface area contributed by atoms with Crippen LogP contribution in [0.5, 0.6) is 0 Å². The van der Waals surface area contributed by atoms with Gasteiger partial charge in [0, 0.05) is 20.0 Å². The van der Waals surface area contributed by atoms with E-state index >= 15 is 0 Å². The Bertz CT molecular complexity index is 466. The van der Waals surface area contributed by atoms with E-state index in [1.807, 2.05) is 44.2 Å². The van der Waals surface area contributed by atoms with Crippen LogP contribution in [-0.4, -0.2) is 35.5 Å². The maximum absolute atomic E-state index is 12.3. The summed E-state index contributed by atoms with van der Waals surface area (Å²) in [5.41, 5.74) is 0.241. The van der Waals surface area contributed by atoms with Crippen molar-refractivity contribution in [1.29, 1.82) is 0 Å². The maximum atomic E-state index is 12.3. The summed E-state index contributed by atoms with van der Waals surface area (Å²) in [7, 11) is 1.74. The lowest BCUT2D eigenvalue weighted by molar-refractivity contribution is -0.154. The summed E-state index contributed by atoms with van der Waals surface area (Å²) in [6.45, 7) is 4.26. The van der Waals surface area contributed by atoms with Crippen LogP contribution in [0.4, 0.5) is 0 Å². The molecule has 1 N–H and O–H groups in total. The molecule has 0 radical (unpaired) electrons. The number of carbonyl (C=O) groups excluding carboxylic acids is 1. The van der Waals surface area contributed by atoms with Gasteiger partial charge in [-0.25, -0.2) is 0 Å².